The molecule has 1 aliphatic heterocycles. The number of anilines is 2. The van der Waals surface area contributed by atoms with Gasteiger partial charge in [0.25, 0.3) is 5.91 Å². The van der Waals surface area contributed by atoms with Crippen LogP contribution in [0.3, 0.4) is 0 Å². The fraction of sp³-hybridized carbons (Fsp3) is 0.294. The van der Waals surface area contributed by atoms with Gasteiger partial charge in [0, 0.05) is 19.3 Å². The minimum atomic E-state index is -0.255. The van der Waals surface area contributed by atoms with E-state index in [1.165, 1.54) is 0 Å². The largest absolute Gasteiger partial charge is 0.355 e. The fourth-order valence-electron chi connectivity index (χ4n) is 2.96. The van der Waals surface area contributed by atoms with Crippen molar-refractivity contribution in [2.75, 3.05) is 23.3 Å². The Kier molecular flexibility index (Phi) is 3.60. The normalized spacial score (nSPS) is 17.4. The summed E-state index contributed by atoms with van der Waals surface area (Å²) in [6.45, 7) is 4.22. The van der Waals surface area contributed by atoms with Crippen molar-refractivity contribution in [3.8, 4) is 0 Å². The van der Waals surface area contributed by atoms with Gasteiger partial charge in [-0.3, -0.25) is 9.78 Å². The summed E-state index contributed by atoms with van der Waals surface area (Å²) < 4.78 is 1.60. The quantitative estimate of drug-likeness (QED) is 0.800. The molecule has 7 nitrogen and oxygen atoms in total. The summed E-state index contributed by atoms with van der Waals surface area (Å²) in [5.41, 5.74) is 1.70. The number of hydrogen-bond acceptors (Lipinski definition) is 5. The number of rotatable bonds is 3. The molecule has 4 heterocycles. The van der Waals surface area contributed by atoms with E-state index in [0.29, 0.717) is 22.9 Å². The standard InChI is InChI=1S/C17H18N6O/c1-12-6-8-22(11-12)16-5-4-15-19-10-14(23(15)21-16)17(24)20-13-3-2-7-18-9-13/h2-5,7,9-10,12H,6,8,11H2,1H3,(H,20,24). The van der Waals surface area contributed by atoms with Gasteiger partial charge >= 0.3 is 0 Å². The zero-order chi connectivity index (χ0) is 16.5. The average molecular weight is 322 g/mol. The van der Waals surface area contributed by atoms with E-state index >= 15 is 0 Å². The summed E-state index contributed by atoms with van der Waals surface area (Å²) in [5, 5.41) is 7.43. The maximum atomic E-state index is 12.5. The van der Waals surface area contributed by atoms with E-state index in [4.69, 9.17) is 0 Å². The minimum absolute atomic E-state index is 0.255. The van der Waals surface area contributed by atoms with Gasteiger partial charge in [0.1, 0.15) is 5.82 Å². The summed E-state index contributed by atoms with van der Waals surface area (Å²) >= 11 is 0. The van der Waals surface area contributed by atoms with Crippen LogP contribution in [0.4, 0.5) is 11.5 Å². The summed E-state index contributed by atoms with van der Waals surface area (Å²) in [4.78, 5) is 23.0. The second-order valence-electron chi connectivity index (χ2n) is 6.14. The Hall–Kier alpha value is -2.96. The molecule has 1 unspecified atom stereocenters. The number of carbonyl (C=O) groups is 1. The molecule has 24 heavy (non-hydrogen) atoms. The number of aromatic nitrogens is 4. The molecule has 0 bridgehead atoms. The Labute approximate surface area is 139 Å². The second-order valence-corrected chi connectivity index (χ2v) is 6.14. The highest BCUT2D eigenvalue weighted by atomic mass is 16.2. The van der Waals surface area contributed by atoms with Crippen LogP contribution >= 0.6 is 0 Å². The van der Waals surface area contributed by atoms with E-state index in [1.807, 2.05) is 12.1 Å². The van der Waals surface area contributed by atoms with Gasteiger partial charge in [-0.15, -0.1) is 5.10 Å². The molecule has 1 amide bonds. The molecule has 0 saturated carbocycles. The molecule has 0 aliphatic carbocycles. The van der Waals surface area contributed by atoms with Crippen molar-refractivity contribution in [3.63, 3.8) is 0 Å². The molecule has 3 aromatic rings. The smallest absolute Gasteiger partial charge is 0.276 e. The number of fused-ring (bicyclic) bond motifs is 1. The Balaban J connectivity index is 1.64. The topological polar surface area (TPSA) is 75.4 Å². The monoisotopic (exact) mass is 322 g/mol. The molecule has 0 radical (unpaired) electrons. The predicted octanol–water partition coefficient (Wildman–Crippen LogP) is 2.22. The van der Waals surface area contributed by atoms with Crippen LogP contribution in [0.2, 0.25) is 0 Å². The molecule has 1 saturated heterocycles. The number of nitrogens with zero attached hydrogens (tertiary/aromatic N) is 5. The molecule has 1 N–H and O–H groups in total. The second kappa shape index (κ2) is 5.92. The number of nitrogens with one attached hydrogen (secondary N) is 1. The molecule has 0 aromatic carbocycles. The lowest BCUT2D eigenvalue weighted by atomic mass is 10.2. The Bertz CT molecular complexity index is 875. The lowest BCUT2D eigenvalue weighted by Gasteiger charge is -2.16. The Morgan fingerprint density at radius 3 is 2.96 bits per heavy atom. The number of hydrogen-bond donors (Lipinski definition) is 1. The van der Waals surface area contributed by atoms with Crippen LogP contribution in [0.15, 0.2) is 42.9 Å². The molecule has 1 fully saturated rings. The van der Waals surface area contributed by atoms with Gasteiger partial charge in [-0.25, -0.2) is 9.50 Å². The first kappa shape index (κ1) is 14.6. The third kappa shape index (κ3) is 2.68. The molecule has 3 aromatic heterocycles. The van der Waals surface area contributed by atoms with Crippen LogP contribution in [0, 0.1) is 5.92 Å². The van der Waals surface area contributed by atoms with Gasteiger partial charge in [0.2, 0.25) is 0 Å². The molecule has 122 valence electrons. The third-order valence-electron chi connectivity index (χ3n) is 4.25. The highest BCUT2D eigenvalue weighted by molar-refractivity contribution is 6.03. The van der Waals surface area contributed by atoms with Crippen molar-refractivity contribution in [1.82, 2.24) is 19.6 Å². The van der Waals surface area contributed by atoms with E-state index in [0.717, 1.165) is 25.3 Å². The molecule has 7 heteroatoms. The molecule has 1 aliphatic rings. The van der Waals surface area contributed by atoms with Crippen molar-refractivity contribution < 1.29 is 4.79 Å². The van der Waals surface area contributed by atoms with E-state index in [2.05, 4.69) is 32.2 Å². The van der Waals surface area contributed by atoms with Crippen molar-refractivity contribution >= 4 is 23.1 Å². The lowest BCUT2D eigenvalue weighted by Crippen LogP contribution is -2.22. The zero-order valence-electron chi connectivity index (χ0n) is 13.4. The van der Waals surface area contributed by atoms with Gasteiger partial charge in [-0.2, -0.15) is 0 Å². The highest BCUT2D eigenvalue weighted by Gasteiger charge is 2.21. The maximum Gasteiger partial charge on any atom is 0.276 e. The van der Waals surface area contributed by atoms with Gasteiger partial charge in [0.15, 0.2) is 11.3 Å². The van der Waals surface area contributed by atoms with Crippen LogP contribution in [0.5, 0.6) is 0 Å². The SMILES string of the molecule is CC1CCN(c2ccc3ncc(C(=O)Nc4cccnc4)n3n2)C1. The van der Waals surface area contributed by atoms with Gasteiger partial charge in [0.05, 0.1) is 18.1 Å². The van der Waals surface area contributed by atoms with Crippen molar-refractivity contribution in [1.29, 1.82) is 0 Å². The van der Waals surface area contributed by atoms with E-state index in [1.54, 1.807) is 35.2 Å². The first-order chi connectivity index (χ1) is 11.7. The zero-order valence-corrected chi connectivity index (χ0v) is 13.4. The minimum Gasteiger partial charge on any atom is -0.355 e. The molecular weight excluding hydrogens is 304 g/mol. The van der Waals surface area contributed by atoms with Gasteiger partial charge < -0.3 is 10.2 Å². The molecule has 0 spiro atoms. The molecular formula is C17H18N6O. The number of imidazole rings is 1. The Morgan fingerprint density at radius 1 is 1.29 bits per heavy atom. The number of pyridine rings is 1. The average Bonchev–Trinajstić information content (AvgIpc) is 3.21. The van der Waals surface area contributed by atoms with E-state index in [-0.39, 0.29) is 5.91 Å². The Morgan fingerprint density at radius 2 is 2.21 bits per heavy atom. The van der Waals surface area contributed by atoms with Crippen LogP contribution in [0.1, 0.15) is 23.8 Å². The van der Waals surface area contributed by atoms with Crippen molar-refractivity contribution in [3.05, 3.63) is 48.5 Å². The highest BCUT2D eigenvalue weighted by Crippen LogP contribution is 2.22. The summed E-state index contributed by atoms with van der Waals surface area (Å²) in [6.07, 6.45) is 5.97. The van der Waals surface area contributed by atoms with Gasteiger partial charge in [-0.05, 0) is 36.6 Å². The van der Waals surface area contributed by atoms with Crippen molar-refractivity contribution in [2.24, 2.45) is 5.92 Å². The first-order valence-corrected chi connectivity index (χ1v) is 8.02. The van der Waals surface area contributed by atoms with Crippen LogP contribution in [0.25, 0.3) is 5.65 Å². The molecule has 4 rings (SSSR count). The van der Waals surface area contributed by atoms with Crippen molar-refractivity contribution in [2.45, 2.75) is 13.3 Å². The predicted molar refractivity (Wildman–Crippen MR) is 91.2 cm³/mol. The van der Waals surface area contributed by atoms with E-state index in [9.17, 15) is 4.79 Å². The number of carbonyl (C=O) groups excluding carboxylic acids is 1. The lowest BCUT2D eigenvalue weighted by molar-refractivity contribution is 0.102. The van der Waals surface area contributed by atoms with Crippen LogP contribution in [-0.4, -0.2) is 38.6 Å². The molecule has 1 atom stereocenters. The summed E-state index contributed by atoms with van der Waals surface area (Å²) in [6, 6.07) is 7.42. The summed E-state index contributed by atoms with van der Waals surface area (Å²) in [7, 11) is 0. The van der Waals surface area contributed by atoms with E-state index < -0.39 is 0 Å². The summed E-state index contributed by atoms with van der Waals surface area (Å²) in [5.74, 6) is 1.29. The number of amides is 1. The van der Waals surface area contributed by atoms with Crippen LogP contribution in [-0.2, 0) is 0 Å². The fourth-order valence-corrected chi connectivity index (χ4v) is 2.96. The first-order valence-electron chi connectivity index (χ1n) is 8.02. The maximum absolute atomic E-state index is 12.5. The third-order valence-corrected chi connectivity index (χ3v) is 4.25. The van der Waals surface area contributed by atoms with Crippen LogP contribution < -0.4 is 10.2 Å². The van der Waals surface area contributed by atoms with Gasteiger partial charge in [-0.1, -0.05) is 6.92 Å².